The van der Waals surface area contributed by atoms with Gasteiger partial charge in [0.1, 0.15) is 0 Å². The molecule has 0 unspecified atom stereocenters. The molecule has 0 aromatic heterocycles. The van der Waals surface area contributed by atoms with Crippen molar-refractivity contribution < 1.29 is 13.2 Å². The molecule has 0 spiro atoms. The molecule has 2 aromatic rings. The predicted octanol–water partition coefficient (Wildman–Crippen LogP) is 3.57. The standard InChI is InChI=1S/C16H18N2O3S/c1-3-18(4-2)22(19,20)12-9-10-16-14(11-12)17-13-7-5-6-8-15(13)21-16/h5-11,17H,3-4H2,1-2H3. The van der Waals surface area contributed by atoms with Crippen molar-refractivity contribution >= 4 is 21.4 Å². The molecule has 6 heteroatoms. The van der Waals surface area contributed by atoms with Crippen LogP contribution >= 0.6 is 0 Å². The summed E-state index contributed by atoms with van der Waals surface area (Å²) in [6, 6.07) is 12.5. The van der Waals surface area contributed by atoms with Gasteiger partial charge >= 0.3 is 0 Å². The summed E-state index contributed by atoms with van der Waals surface area (Å²) in [4.78, 5) is 0.269. The summed E-state index contributed by atoms with van der Waals surface area (Å²) in [6.07, 6.45) is 0. The SMILES string of the molecule is CCN(CC)S(=O)(=O)c1ccc2c(c1)Nc1ccccc1O2. The third kappa shape index (κ3) is 2.44. The Morgan fingerprint density at radius 3 is 2.41 bits per heavy atom. The first kappa shape index (κ1) is 14.9. The van der Waals surface area contributed by atoms with E-state index >= 15 is 0 Å². The Morgan fingerprint density at radius 1 is 1.00 bits per heavy atom. The topological polar surface area (TPSA) is 58.6 Å². The fraction of sp³-hybridized carbons (Fsp3) is 0.250. The van der Waals surface area contributed by atoms with Crippen molar-refractivity contribution in [2.75, 3.05) is 18.4 Å². The van der Waals surface area contributed by atoms with Gasteiger partial charge in [-0.15, -0.1) is 0 Å². The van der Waals surface area contributed by atoms with Crippen LogP contribution in [-0.4, -0.2) is 25.8 Å². The largest absolute Gasteiger partial charge is 0.453 e. The van der Waals surface area contributed by atoms with Gasteiger partial charge in [-0.3, -0.25) is 0 Å². The van der Waals surface area contributed by atoms with Crippen LogP contribution in [0.5, 0.6) is 11.5 Å². The molecule has 1 aliphatic heterocycles. The molecular weight excluding hydrogens is 300 g/mol. The smallest absolute Gasteiger partial charge is 0.243 e. The van der Waals surface area contributed by atoms with Crippen molar-refractivity contribution in [3.63, 3.8) is 0 Å². The molecule has 3 rings (SSSR count). The van der Waals surface area contributed by atoms with Crippen LogP contribution < -0.4 is 10.1 Å². The number of fused-ring (bicyclic) bond motifs is 2. The number of benzene rings is 2. The van der Waals surface area contributed by atoms with Crippen molar-refractivity contribution in [3.8, 4) is 11.5 Å². The van der Waals surface area contributed by atoms with Crippen LogP contribution in [0.25, 0.3) is 0 Å². The number of para-hydroxylation sites is 2. The van der Waals surface area contributed by atoms with Gasteiger partial charge in [0.25, 0.3) is 0 Å². The zero-order chi connectivity index (χ0) is 15.7. The highest BCUT2D eigenvalue weighted by Crippen LogP contribution is 2.42. The summed E-state index contributed by atoms with van der Waals surface area (Å²) in [7, 11) is -3.47. The first-order valence-electron chi connectivity index (χ1n) is 7.24. The molecule has 1 heterocycles. The second kappa shape index (κ2) is 5.62. The number of sulfonamides is 1. The van der Waals surface area contributed by atoms with Gasteiger partial charge in [0.05, 0.1) is 16.3 Å². The molecular formula is C16H18N2O3S. The molecule has 0 bridgehead atoms. The Labute approximate surface area is 130 Å². The number of nitrogens with one attached hydrogen (secondary N) is 1. The third-order valence-corrected chi connectivity index (χ3v) is 5.72. The third-order valence-electron chi connectivity index (χ3n) is 3.67. The predicted molar refractivity (Wildman–Crippen MR) is 86.3 cm³/mol. The maximum atomic E-state index is 12.6. The van der Waals surface area contributed by atoms with Gasteiger partial charge in [-0.05, 0) is 30.3 Å². The van der Waals surface area contributed by atoms with Crippen molar-refractivity contribution in [1.82, 2.24) is 4.31 Å². The van der Waals surface area contributed by atoms with E-state index in [4.69, 9.17) is 4.74 Å². The summed E-state index contributed by atoms with van der Waals surface area (Å²) in [5.41, 5.74) is 1.49. The van der Waals surface area contributed by atoms with E-state index in [0.717, 1.165) is 11.4 Å². The molecule has 0 saturated heterocycles. The second-order valence-electron chi connectivity index (χ2n) is 4.97. The van der Waals surface area contributed by atoms with E-state index in [9.17, 15) is 8.42 Å². The highest BCUT2D eigenvalue weighted by atomic mass is 32.2. The maximum Gasteiger partial charge on any atom is 0.243 e. The van der Waals surface area contributed by atoms with E-state index in [-0.39, 0.29) is 4.90 Å². The molecule has 2 aromatic carbocycles. The van der Waals surface area contributed by atoms with Crippen LogP contribution in [0.4, 0.5) is 11.4 Å². The van der Waals surface area contributed by atoms with Crippen LogP contribution in [0.1, 0.15) is 13.8 Å². The number of anilines is 2. The number of ether oxygens (including phenoxy) is 1. The summed E-state index contributed by atoms with van der Waals surface area (Å²) in [5.74, 6) is 1.35. The van der Waals surface area contributed by atoms with Gasteiger partial charge in [-0.25, -0.2) is 8.42 Å². The first-order valence-corrected chi connectivity index (χ1v) is 8.68. The van der Waals surface area contributed by atoms with Gasteiger partial charge in [-0.1, -0.05) is 26.0 Å². The fourth-order valence-corrected chi connectivity index (χ4v) is 3.98. The maximum absolute atomic E-state index is 12.6. The van der Waals surface area contributed by atoms with Crippen LogP contribution in [-0.2, 0) is 10.0 Å². The lowest BCUT2D eigenvalue weighted by Gasteiger charge is -2.23. The highest BCUT2D eigenvalue weighted by Gasteiger charge is 2.24. The van der Waals surface area contributed by atoms with Crippen LogP contribution in [0.3, 0.4) is 0 Å². The van der Waals surface area contributed by atoms with Crippen LogP contribution in [0, 0.1) is 0 Å². The normalized spacial score (nSPS) is 13.0. The molecule has 0 saturated carbocycles. The summed E-state index contributed by atoms with van der Waals surface area (Å²) in [5, 5.41) is 3.22. The minimum Gasteiger partial charge on any atom is -0.453 e. The summed E-state index contributed by atoms with van der Waals surface area (Å²) in [6.45, 7) is 4.56. The molecule has 0 atom stereocenters. The van der Waals surface area contributed by atoms with Crippen LogP contribution in [0.15, 0.2) is 47.4 Å². The molecule has 5 nitrogen and oxygen atoms in total. The highest BCUT2D eigenvalue weighted by molar-refractivity contribution is 7.89. The molecule has 0 amide bonds. The molecule has 1 N–H and O–H groups in total. The summed E-state index contributed by atoms with van der Waals surface area (Å²) >= 11 is 0. The second-order valence-corrected chi connectivity index (χ2v) is 6.91. The van der Waals surface area contributed by atoms with Crippen molar-refractivity contribution in [1.29, 1.82) is 0 Å². The lowest BCUT2D eigenvalue weighted by Crippen LogP contribution is -2.30. The Balaban J connectivity index is 2.00. The van der Waals surface area contributed by atoms with E-state index in [1.165, 1.54) is 4.31 Å². The monoisotopic (exact) mass is 318 g/mol. The first-order chi connectivity index (χ1) is 10.6. The minimum atomic E-state index is -3.47. The van der Waals surface area contributed by atoms with Gasteiger partial charge in [0, 0.05) is 13.1 Å². The molecule has 22 heavy (non-hydrogen) atoms. The molecule has 0 radical (unpaired) electrons. The van der Waals surface area contributed by atoms with Crippen LogP contribution in [0.2, 0.25) is 0 Å². The number of rotatable bonds is 4. The Kier molecular flexibility index (Phi) is 3.80. The zero-order valence-corrected chi connectivity index (χ0v) is 13.4. The van der Waals surface area contributed by atoms with Crippen molar-refractivity contribution in [2.45, 2.75) is 18.7 Å². The molecule has 0 aliphatic carbocycles. The van der Waals surface area contributed by atoms with Gasteiger partial charge in [0.15, 0.2) is 11.5 Å². The average Bonchev–Trinajstić information content (AvgIpc) is 2.53. The molecule has 0 fully saturated rings. The Bertz CT molecular complexity index is 799. The van der Waals surface area contributed by atoms with Gasteiger partial charge in [0.2, 0.25) is 10.0 Å². The average molecular weight is 318 g/mol. The van der Waals surface area contributed by atoms with Crippen molar-refractivity contribution in [2.24, 2.45) is 0 Å². The van der Waals surface area contributed by atoms with E-state index < -0.39 is 10.0 Å². The Morgan fingerprint density at radius 2 is 1.68 bits per heavy atom. The molecule has 1 aliphatic rings. The number of hydrogen-bond donors (Lipinski definition) is 1. The van der Waals surface area contributed by atoms with E-state index in [2.05, 4.69) is 5.32 Å². The van der Waals surface area contributed by atoms with Gasteiger partial charge < -0.3 is 10.1 Å². The summed E-state index contributed by atoms with van der Waals surface area (Å²) < 4.78 is 32.4. The lowest BCUT2D eigenvalue weighted by atomic mass is 10.2. The molecule has 116 valence electrons. The minimum absolute atomic E-state index is 0.269. The quantitative estimate of drug-likeness (QED) is 0.799. The number of hydrogen-bond acceptors (Lipinski definition) is 4. The lowest BCUT2D eigenvalue weighted by molar-refractivity contribution is 0.445. The Hall–Kier alpha value is -2.05. The van der Waals surface area contributed by atoms with E-state index in [0.29, 0.717) is 24.5 Å². The fourth-order valence-electron chi connectivity index (χ4n) is 2.49. The van der Waals surface area contributed by atoms with Gasteiger partial charge in [-0.2, -0.15) is 4.31 Å². The van der Waals surface area contributed by atoms with E-state index in [1.54, 1.807) is 18.2 Å². The number of nitrogens with zero attached hydrogens (tertiary/aromatic N) is 1. The van der Waals surface area contributed by atoms with E-state index in [1.807, 2.05) is 38.1 Å². The zero-order valence-electron chi connectivity index (χ0n) is 12.5. The van der Waals surface area contributed by atoms with Crippen molar-refractivity contribution in [3.05, 3.63) is 42.5 Å².